The smallest absolute Gasteiger partial charge is 0.405 e. The zero-order valence-corrected chi connectivity index (χ0v) is 6.76. The van der Waals surface area contributed by atoms with Gasteiger partial charge >= 0.3 is 6.09 Å². The van der Waals surface area contributed by atoms with E-state index in [0.29, 0.717) is 0 Å². The van der Waals surface area contributed by atoms with E-state index in [-0.39, 0.29) is 12.8 Å². The monoisotopic (exact) mass is 189 g/mol. The molecule has 72 valence electrons. The second kappa shape index (κ2) is 3.21. The predicted octanol–water partition coefficient (Wildman–Crippen LogP) is 1.30. The van der Waals surface area contributed by atoms with Gasteiger partial charge in [-0.1, -0.05) is 5.92 Å². The normalized spacial score (nSPS) is 32.0. The summed E-state index contributed by atoms with van der Waals surface area (Å²) < 4.78 is 24.1. The maximum atomic E-state index is 12.1. The number of terminal acetylenes is 1. The van der Waals surface area contributed by atoms with E-state index in [9.17, 15) is 13.6 Å². The van der Waals surface area contributed by atoms with Gasteiger partial charge in [-0.05, 0) is 12.8 Å². The van der Waals surface area contributed by atoms with Gasteiger partial charge in [0.1, 0.15) is 5.54 Å². The average Bonchev–Trinajstić information content (AvgIpc) is 1.94. The van der Waals surface area contributed by atoms with Crippen LogP contribution >= 0.6 is 0 Å². The summed E-state index contributed by atoms with van der Waals surface area (Å²) >= 11 is 0. The molecule has 1 rings (SSSR count). The molecule has 0 aromatic carbocycles. The van der Waals surface area contributed by atoms with Crippen molar-refractivity contribution < 1.29 is 18.7 Å². The third-order valence-electron chi connectivity index (χ3n) is 2.20. The molecule has 5 heteroatoms. The van der Waals surface area contributed by atoms with Crippen LogP contribution < -0.4 is 5.32 Å². The second-order valence-corrected chi connectivity index (χ2v) is 3.16. The Kier molecular flexibility index (Phi) is 2.41. The lowest BCUT2D eigenvalue weighted by molar-refractivity contribution is -0.00295. The molecule has 0 saturated heterocycles. The SMILES string of the molecule is C#CC1(NC(=O)O)CC(C(F)F)C1. The van der Waals surface area contributed by atoms with E-state index in [0.717, 1.165) is 0 Å². The Labute approximate surface area is 74.1 Å². The van der Waals surface area contributed by atoms with E-state index >= 15 is 0 Å². The zero-order chi connectivity index (χ0) is 10.1. The molecular weight excluding hydrogens is 180 g/mol. The summed E-state index contributed by atoms with van der Waals surface area (Å²) in [6, 6.07) is 0. The van der Waals surface area contributed by atoms with Gasteiger partial charge in [-0.15, -0.1) is 6.42 Å². The molecule has 0 radical (unpaired) electrons. The van der Waals surface area contributed by atoms with Crippen molar-refractivity contribution in [3.63, 3.8) is 0 Å². The van der Waals surface area contributed by atoms with Crippen molar-refractivity contribution >= 4 is 6.09 Å². The summed E-state index contributed by atoms with van der Waals surface area (Å²) in [5, 5.41) is 10.5. The van der Waals surface area contributed by atoms with Crippen molar-refractivity contribution in [2.75, 3.05) is 0 Å². The van der Waals surface area contributed by atoms with Gasteiger partial charge in [0, 0.05) is 5.92 Å². The summed E-state index contributed by atoms with van der Waals surface area (Å²) in [5.74, 6) is 1.43. The molecule has 0 aromatic heterocycles. The van der Waals surface area contributed by atoms with Crippen LogP contribution in [0.3, 0.4) is 0 Å². The molecule has 0 atom stereocenters. The number of rotatable bonds is 2. The number of halogens is 2. The molecule has 0 bridgehead atoms. The number of nitrogens with one attached hydrogen (secondary N) is 1. The molecule has 0 heterocycles. The molecule has 1 saturated carbocycles. The fourth-order valence-corrected chi connectivity index (χ4v) is 1.47. The first kappa shape index (κ1) is 9.78. The Hall–Kier alpha value is -1.31. The predicted molar refractivity (Wildman–Crippen MR) is 41.5 cm³/mol. The van der Waals surface area contributed by atoms with Gasteiger partial charge in [-0.3, -0.25) is 0 Å². The number of hydrogen-bond acceptors (Lipinski definition) is 1. The average molecular weight is 189 g/mol. The second-order valence-electron chi connectivity index (χ2n) is 3.16. The Bertz CT molecular complexity index is 253. The van der Waals surface area contributed by atoms with Gasteiger partial charge in [0.25, 0.3) is 0 Å². The van der Waals surface area contributed by atoms with Crippen LogP contribution in [0.5, 0.6) is 0 Å². The molecule has 13 heavy (non-hydrogen) atoms. The summed E-state index contributed by atoms with van der Waals surface area (Å²) in [4.78, 5) is 10.2. The first-order valence-electron chi connectivity index (χ1n) is 3.76. The fourth-order valence-electron chi connectivity index (χ4n) is 1.47. The molecule has 1 fully saturated rings. The molecule has 3 nitrogen and oxygen atoms in total. The van der Waals surface area contributed by atoms with E-state index < -0.39 is 24.0 Å². The molecule has 0 spiro atoms. The first-order valence-corrected chi connectivity index (χ1v) is 3.76. The molecule has 0 aromatic rings. The fraction of sp³-hybridized carbons (Fsp3) is 0.625. The molecule has 1 aliphatic carbocycles. The largest absolute Gasteiger partial charge is 0.465 e. The molecule has 1 amide bonds. The number of carbonyl (C=O) groups is 1. The lowest BCUT2D eigenvalue weighted by Crippen LogP contribution is -2.57. The summed E-state index contributed by atoms with van der Waals surface area (Å²) in [7, 11) is 0. The van der Waals surface area contributed by atoms with Crippen molar-refractivity contribution in [2.24, 2.45) is 5.92 Å². The van der Waals surface area contributed by atoms with Crippen LogP contribution in [0, 0.1) is 18.3 Å². The van der Waals surface area contributed by atoms with Gasteiger partial charge in [-0.25, -0.2) is 13.6 Å². The highest BCUT2D eigenvalue weighted by atomic mass is 19.3. The van der Waals surface area contributed by atoms with E-state index in [1.54, 1.807) is 0 Å². The van der Waals surface area contributed by atoms with E-state index in [4.69, 9.17) is 11.5 Å². The standard InChI is InChI=1S/C8H9F2NO2/c1-2-8(11-7(12)13)3-5(4-8)6(9)10/h1,5-6,11H,3-4H2,(H,12,13). The Morgan fingerprint density at radius 2 is 2.23 bits per heavy atom. The number of hydrogen-bond donors (Lipinski definition) is 2. The van der Waals surface area contributed by atoms with Crippen molar-refractivity contribution in [3.8, 4) is 12.3 Å². The van der Waals surface area contributed by atoms with E-state index in [2.05, 4.69) is 11.2 Å². The quantitative estimate of drug-likeness (QED) is 0.643. The minimum absolute atomic E-state index is 0.0213. The molecule has 0 unspecified atom stereocenters. The minimum Gasteiger partial charge on any atom is -0.465 e. The van der Waals surface area contributed by atoms with E-state index in [1.807, 2.05) is 0 Å². The third kappa shape index (κ3) is 1.89. The van der Waals surface area contributed by atoms with Crippen LogP contribution in [-0.4, -0.2) is 23.2 Å². The van der Waals surface area contributed by atoms with Crippen molar-refractivity contribution in [1.29, 1.82) is 0 Å². The lowest BCUT2D eigenvalue weighted by atomic mass is 9.69. The van der Waals surface area contributed by atoms with Crippen LogP contribution in [-0.2, 0) is 0 Å². The van der Waals surface area contributed by atoms with E-state index in [1.165, 1.54) is 0 Å². The first-order chi connectivity index (χ1) is 5.99. The highest BCUT2D eigenvalue weighted by Gasteiger charge is 2.48. The maximum Gasteiger partial charge on any atom is 0.405 e. The molecular formula is C8H9F2NO2. The van der Waals surface area contributed by atoms with Crippen molar-refractivity contribution in [3.05, 3.63) is 0 Å². The van der Waals surface area contributed by atoms with Gasteiger partial charge < -0.3 is 10.4 Å². The van der Waals surface area contributed by atoms with Crippen LogP contribution in [0.4, 0.5) is 13.6 Å². The molecule has 2 N–H and O–H groups in total. The minimum atomic E-state index is -2.42. The van der Waals surface area contributed by atoms with Crippen LogP contribution in [0.1, 0.15) is 12.8 Å². The third-order valence-corrected chi connectivity index (χ3v) is 2.20. The lowest BCUT2D eigenvalue weighted by Gasteiger charge is -2.43. The topological polar surface area (TPSA) is 49.3 Å². The van der Waals surface area contributed by atoms with Gasteiger partial charge in [-0.2, -0.15) is 0 Å². The molecule has 1 aliphatic rings. The number of carboxylic acid groups (broad SMARTS) is 1. The Morgan fingerprint density at radius 1 is 1.69 bits per heavy atom. The van der Waals surface area contributed by atoms with Gasteiger partial charge in [0.05, 0.1) is 0 Å². The highest BCUT2D eigenvalue weighted by molar-refractivity contribution is 5.67. The van der Waals surface area contributed by atoms with Gasteiger partial charge in [0.2, 0.25) is 6.43 Å². The van der Waals surface area contributed by atoms with Gasteiger partial charge in [0.15, 0.2) is 0 Å². The van der Waals surface area contributed by atoms with Crippen LogP contribution in [0.25, 0.3) is 0 Å². The number of amides is 1. The Morgan fingerprint density at radius 3 is 2.54 bits per heavy atom. The maximum absolute atomic E-state index is 12.1. The summed E-state index contributed by atoms with van der Waals surface area (Å²) in [5.41, 5.74) is -1.06. The summed E-state index contributed by atoms with van der Waals surface area (Å²) in [6.07, 6.45) is 1.41. The van der Waals surface area contributed by atoms with Crippen molar-refractivity contribution in [1.82, 2.24) is 5.32 Å². The van der Waals surface area contributed by atoms with Crippen LogP contribution in [0.15, 0.2) is 0 Å². The van der Waals surface area contributed by atoms with Crippen molar-refractivity contribution in [2.45, 2.75) is 24.8 Å². The molecule has 0 aliphatic heterocycles. The zero-order valence-electron chi connectivity index (χ0n) is 6.76. The number of alkyl halides is 2. The summed E-state index contributed by atoms with van der Waals surface area (Å²) in [6.45, 7) is 0. The highest BCUT2D eigenvalue weighted by Crippen LogP contribution is 2.40. The van der Waals surface area contributed by atoms with Crippen LogP contribution in [0.2, 0.25) is 0 Å². The Balaban J connectivity index is 2.51.